The van der Waals surface area contributed by atoms with Crippen LogP contribution in [0.4, 0.5) is 5.69 Å². The third kappa shape index (κ3) is 4.16. The van der Waals surface area contributed by atoms with Gasteiger partial charge in [0.05, 0.1) is 29.8 Å². The second-order valence-corrected chi connectivity index (χ2v) is 10.4. The third-order valence-electron chi connectivity index (χ3n) is 5.90. The Morgan fingerprint density at radius 1 is 0.765 bits per heavy atom. The fourth-order valence-corrected chi connectivity index (χ4v) is 5.96. The van der Waals surface area contributed by atoms with Gasteiger partial charge in [-0.05, 0) is 48.5 Å². The number of aliphatic hydroxyl groups excluding tert-OH is 1. The highest BCUT2D eigenvalue weighted by Crippen LogP contribution is 2.30. The third-order valence-corrected chi connectivity index (χ3v) is 7.96. The number of rotatable bonds is 7. The van der Waals surface area contributed by atoms with Gasteiger partial charge >= 0.3 is 0 Å². The van der Waals surface area contributed by atoms with Crippen LogP contribution in [0.5, 0.6) is 0 Å². The molecule has 1 unspecified atom stereocenters. The van der Waals surface area contributed by atoms with Crippen LogP contribution >= 0.6 is 11.6 Å². The summed E-state index contributed by atoms with van der Waals surface area (Å²) in [5, 5.41) is 13.8. The lowest BCUT2D eigenvalue weighted by molar-refractivity contribution is 0.166. The largest absolute Gasteiger partial charge is 0.389 e. The van der Waals surface area contributed by atoms with E-state index in [4.69, 9.17) is 11.6 Å². The van der Waals surface area contributed by atoms with E-state index in [2.05, 4.69) is 12.1 Å². The van der Waals surface area contributed by atoms with Crippen LogP contribution in [-0.2, 0) is 16.6 Å². The van der Waals surface area contributed by atoms with E-state index < -0.39 is 16.1 Å². The van der Waals surface area contributed by atoms with Gasteiger partial charge in [-0.25, -0.2) is 8.42 Å². The van der Waals surface area contributed by atoms with Gasteiger partial charge in [0.1, 0.15) is 0 Å². The molecule has 5 aromatic rings. The van der Waals surface area contributed by atoms with Crippen LogP contribution in [0.15, 0.2) is 108 Å². The Kier molecular flexibility index (Phi) is 6.04. The van der Waals surface area contributed by atoms with Crippen molar-refractivity contribution in [1.82, 2.24) is 4.57 Å². The molecule has 0 amide bonds. The molecule has 0 aliphatic carbocycles. The van der Waals surface area contributed by atoms with Crippen molar-refractivity contribution in [2.75, 3.05) is 10.8 Å². The predicted octanol–water partition coefficient (Wildman–Crippen LogP) is 5.70. The number of aliphatic hydroxyl groups is 1. The SMILES string of the molecule is O=S(=O)(c1ccc(Cl)cc1)N(CC(O)Cn1c2ccccc2c2ccccc21)c1ccccc1. The summed E-state index contributed by atoms with van der Waals surface area (Å²) in [4.78, 5) is 0.116. The van der Waals surface area contributed by atoms with E-state index in [1.165, 1.54) is 16.4 Å². The van der Waals surface area contributed by atoms with Crippen molar-refractivity contribution in [2.45, 2.75) is 17.5 Å². The van der Waals surface area contributed by atoms with E-state index >= 15 is 0 Å². The fraction of sp³-hybridized carbons (Fsp3) is 0.111. The number of anilines is 1. The maximum atomic E-state index is 13.6. The molecule has 0 radical (unpaired) electrons. The molecule has 34 heavy (non-hydrogen) atoms. The normalized spacial score (nSPS) is 12.8. The van der Waals surface area contributed by atoms with Crippen molar-refractivity contribution in [3.8, 4) is 0 Å². The Bertz CT molecular complexity index is 1490. The molecule has 1 heterocycles. The molecule has 1 N–H and O–H groups in total. The van der Waals surface area contributed by atoms with Crippen molar-refractivity contribution in [3.05, 3.63) is 108 Å². The Labute approximate surface area is 203 Å². The zero-order chi connectivity index (χ0) is 23.7. The van der Waals surface area contributed by atoms with Gasteiger partial charge in [0, 0.05) is 26.8 Å². The first-order valence-corrected chi connectivity index (χ1v) is 12.7. The van der Waals surface area contributed by atoms with E-state index in [9.17, 15) is 13.5 Å². The van der Waals surface area contributed by atoms with Crippen LogP contribution in [0.2, 0.25) is 5.02 Å². The lowest BCUT2D eigenvalue weighted by Gasteiger charge is -2.27. The summed E-state index contributed by atoms with van der Waals surface area (Å²) in [6, 6.07) is 30.9. The highest BCUT2D eigenvalue weighted by atomic mass is 35.5. The summed E-state index contributed by atoms with van der Waals surface area (Å²) in [5.74, 6) is 0. The van der Waals surface area contributed by atoms with Gasteiger partial charge in [-0.1, -0.05) is 66.2 Å². The second kappa shape index (κ2) is 9.14. The minimum Gasteiger partial charge on any atom is -0.389 e. The molecule has 5 nitrogen and oxygen atoms in total. The number of hydrogen-bond acceptors (Lipinski definition) is 3. The van der Waals surface area contributed by atoms with Gasteiger partial charge in [-0.2, -0.15) is 0 Å². The van der Waals surface area contributed by atoms with Crippen LogP contribution in [0, 0.1) is 0 Å². The molecule has 1 atom stereocenters. The van der Waals surface area contributed by atoms with Crippen LogP contribution in [0.3, 0.4) is 0 Å². The van der Waals surface area contributed by atoms with Crippen molar-refractivity contribution in [1.29, 1.82) is 0 Å². The summed E-state index contributed by atoms with van der Waals surface area (Å²) >= 11 is 5.97. The number of fused-ring (bicyclic) bond motifs is 3. The molecule has 5 rings (SSSR count). The van der Waals surface area contributed by atoms with Gasteiger partial charge < -0.3 is 9.67 Å². The van der Waals surface area contributed by atoms with Crippen molar-refractivity contribution < 1.29 is 13.5 Å². The lowest BCUT2D eigenvalue weighted by Crippen LogP contribution is -2.39. The minimum atomic E-state index is -3.92. The minimum absolute atomic E-state index is 0.101. The Morgan fingerprint density at radius 3 is 1.88 bits per heavy atom. The van der Waals surface area contributed by atoms with Gasteiger partial charge in [0.2, 0.25) is 0 Å². The molecule has 0 fully saturated rings. The Hall–Kier alpha value is -3.32. The first-order chi connectivity index (χ1) is 16.4. The van der Waals surface area contributed by atoms with Crippen LogP contribution in [-0.4, -0.2) is 30.7 Å². The van der Waals surface area contributed by atoms with Gasteiger partial charge in [-0.3, -0.25) is 4.31 Å². The molecular weight excluding hydrogens is 468 g/mol. The summed E-state index contributed by atoms with van der Waals surface area (Å²) < 4.78 is 30.5. The van der Waals surface area contributed by atoms with E-state index in [0.717, 1.165) is 21.8 Å². The molecule has 0 aliphatic heterocycles. The highest BCUT2D eigenvalue weighted by molar-refractivity contribution is 7.92. The number of para-hydroxylation sites is 3. The number of aromatic nitrogens is 1. The highest BCUT2D eigenvalue weighted by Gasteiger charge is 2.27. The summed E-state index contributed by atoms with van der Waals surface area (Å²) in [6.07, 6.45) is -0.957. The summed E-state index contributed by atoms with van der Waals surface area (Å²) in [6.45, 7) is 0.142. The first kappa shape index (κ1) is 22.5. The predicted molar refractivity (Wildman–Crippen MR) is 138 cm³/mol. The zero-order valence-electron chi connectivity index (χ0n) is 18.3. The molecule has 0 aliphatic rings. The monoisotopic (exact) mass is 490 g/mol. The number of nitrogens with zero attached hydrogens (tertiary/aromatic N) is 2. The topological polar surface area (TPSA) is 62.5 Å². The maximum absolute atomic E-state index is 13.6. The summed E-state index contributed by atoms with van der Waals surface area (Å²) in [5.41, 5.74) is 2.47. The average Bonchev–Trinajstić information content (AvgIpc) is 3.17. The van der Waals surface area contributed by atoms with E-state index in [0.29, 0.717) is 10.7 Å². The van der Waals surface area contributed by atoms with Crippen molar-refractivity contribution >= 4 is 49.1 Å². The second-order valence-electron chi connectivity index (χ2n) is 8.12. The average molecular weight is 491 g/mol. The van der Waals surface area contributed by atoms with E-state index in [1.807, 2.05) is 47.0 Å². The molecule has 0 saturated heterocycles. The number of benzene rings is 4. The first-order valence-electron chi connectivity index (χ1n) is 10.9. The molecule has 0 saturated carbocycles. The quantitative estimate of drug-likeness (QED) is 0.318. The van der Waals surface area contributed by atoms with E-state index in [1.54, 1.807) is 36.4 Å². The van der Waals surface area contributed by atoms with Crippen molar-refractivity contribution in [3.63, 3.8) is 0 Å². The van der Waals surface area contributed by atoms with Gasteiger partial charge in [0.15, 0.2) is 0 Å². The zero-order valence-corrected chi connectivity index (χ0v) is 19.8. The number of hydrogen-bond donors (Lipinski definition) is 1. The summed E-state index contributed by atoms with van der Waals surface area (Å²) in [7, 11) is -3.92. The smallest absolute Gasteiger partial charge is 0.264 e. The Balaban J connectivity index is 1.52. The number of halogens is 1. The molecule has 0 bridgehead atoms. The van der Waals surface area contributed by atoms with Crippen LogP contribution in [0.25, 0.3) is 21.8 Å². The molecule has 0 spiro atoms. The standard InChI is InChI=1S/C27H23ClN2O3S/c28-20-14-16-23(17-15-20)34(32,33)30(21-8-2-1-3-9-21)19-22(31)18-29-26-12-6-4-10-24(26)25-11-5-7-13-27(25)29/h1-17,22,31H,18-19H2. The number of sulfonamides is 1. The Morgan fingerprint density at radius 2 is 1.29 bits per heavy atom. The van der Waals surface area contributed by atoms with Crippen molar-refractivity contribution in [2.24, 2.45) is 0 Å². The lowest BCUT2D eigenvalue weighted by atomic mass is 10.2. The maximum Gasteiger partial charge on any atom is 0.264 e. The molecule has 7 heteroatoms. The molecule has 172 valence electrons. The van der Waals surface area contributed by atoms with Crippen LogP contribution < -0.4 is 4.31 Å². The van der Waals surface area contributed by atoms with E-state index in [-0.39, 0.29) is 18.0 Å². The molecule has 1 aromatic heterocycles. The molecular formula is C27H23ClN2O3S. The van der Waals surface area contributed by atoms with Gasteiger partial charge in [0.25, 0.3) is 10.0 Å². The fourth-order valence-electron chi connectivity index (χ4n) is 4.33. The van der Waals surface area contributed by atoms with Gasteiger partial charge in [-0.15, -0.1) is 0 Å². The molecule has 4 aromatic carbocycles. The van der Waals surface area contributed by atoms with Crippen LogP contribution in [0.1, 0.15) is 0 Å².